The van der Waals surface area contributed by atoms with Crippen LogP contribution in [0.25, 0.3) is 16.0 Å². The van der Waals surface area contributed by atoms with E-state index in [1.165, 1.54) is 16.3 Å². The first-order chi connectivity index (χ1) is 10.5. The number of fused-ring (bicyclic) bond motifs is 1. The number of allylic oxidation sites excluding steroid dienone is 1. The maximum Gasteiger partial charge on any atom is 3.00 e. The molecule has 6 rings (SSSR count). The van der Waals surface area contributed by atoms with E-state index in [-0.39, 0.29) is 51.0 Å². The summed E-state index contributed by atoms with van der Waals surface area (Å²) in [4.78, 5) is 0. The van der Waals surface area contributed by atoms with E-state index in [2.05, 4.69) is 74.1 Å². The van der Waals surface area contributed by atoms with Crippen LogP contribution in [0.4, 0.5) is 0 Å². The van der Waals surface area contributed by atoms with Crippen LogP contribution in [-0.2, 0) is 26.2 Å². The zero-order chi connectivity index (χ0) is 15.5. The van der Waals surface area contributed by atoms with Crippen molar-refractivity contribution in [3.8, 4) is 0 Å². The minimum absolute atomic E-state index is 0. The third kappa shape index (κ3) is 3.56. The van der Waals surface area contributed by atoms with Gasteiger partial charge in [-0.25, -0.2) is 0 Å². The third-order valence-corrected chi connectivity index (χ3v) is 10.1. The molecule has 0 saturated carbocycles. The van der Waals surface area contributed by atoms with Crippen molar-refractivity contribution in [1.82, 2.24) is 0 Å². The Balaban J connectivity index is 0.000000226. The molecule has 0 spiro atoms. The van der Waals surface area contributed by atoms with Gasteiger partial charge < -0.3 is 24.8 Å². The van der Waals surface area contributed by atoms with E-state index in [9.17, 15) is 0 Å². The summed E-state index contributed by atoms with van der Waals surface area (Å²) in [5, 5.41) is 9.16. The maximum absolute atomic E-state index is 2.50. The van der Waals surface area contributed by atoms with Crippen molar-refractivity contribution in [2.24, 2.45) is 0 Å². The Labute approximate surface area is 187 Å². The molecule has 0 N–H and O–H groups in total. The van der Waals surface area contributed by atoms with E-state index in [0.717, 1.165) is 5.54 Å². The van der Waals surface area contributed by atoms with Crippen LogP contribution in [0.15, 0.2) is 52.7 Å². The number of aryl methyl sites for hydroxylation is 1. The molecule has 2 bridgehead atoms. The van der Waals surface area contributed by atoms with Crippen LogP contribution in [0.1, 0.15) is 29.2 Å². The van der Waals surface area contributed by atoms with Crippen LogP contribution in [0.5, 0.6) is 0 Å². The van der Waals surface area contributed by atoms with Gasteiger partial charge in [0.2, 0.25) is 0 Å². The van der Waals surface area contributed by atoms with Gasteiger partial charge in [-0.15, -0.1) is 40.6 Å². The van der Waals surface area contributed by atoms with Gasteiger partial charge in [0.15, 0.2) is 0 Å². The molecular formula is C20H21Cl2SSiZr. The fourth-order valence-corrected chi connectivity index (χ4v) is 9.95. The molecule has 25 heavy (non-hydrogen) atoms. The minimum Gasteiger partial charge on any atom is -1.00 e. The van der Waals surface area contributed by atoms with Crippen LogP contribution in [0.2, 0.25) is 13.1 Å². The number of rotatable bonds is 0. The quantitative estimate of drug-likeness (QED) is 0.319. The average molecular weight is 484 g/mol. The number of halogens is 2. The van der Waals surface area contributed by atoms with Crippen LogP contribution < -0.4 is 24.8 Å². The Morgan fingerprint density at radius 2 is 1.72 bits per heavy atom. The molecule has 1 aromatic heterocycles. The molecule has 0 amide bonds. The summed E-state index contributed by atoms with van der Waals surface area (Å²) in [6, 6.07) is 12.8. The van der Waals surface area contributed by atoms with Crippen molar-refractivity contribution in [3.05, 3.63) is 69.4 Å². The second-order valence-electron chi connectivity index (χ2n) is 7.12. The van der Waals surface area contributed by atoms with Gasteiger partial charge in [-0.1, -0.05) is 36.9 Å². The van der Waals surface area contributed by atoms with E-state index in [4.69, 9.17) is 0 Å². The van der Waals surface area contributed by atoms with Gasteiger partial charge in [-0.2, -0.15) is 17.4 Å². The van der Waals surface area contributed by atoms with Crippen molar-refractivity contribution >= 4 is 35.4 Å². The van der Waals surface area contributed by atoms with Crippen molar-refractivity contribution in [2.75, 3.05) is 0 Å². The Hall–Kier alpha value is -0.0500. The summed E-state index contributed by atoms with van der Waals surface area (Å²) in [5.74, 6) is 0. The molecule has 3 aliphatic rings. The molecule has 1 atom stereocenters. The van der Waals surface area contributed by atoms with E-state index >= 15 is 0 Å². The molecule has 1 aliphatic carbocycles. The van der Waals surface area contributed by atoms with Gasteiger partial charge in [0.25, 0.3) is 0 Å². The molecule has 3 aromatic rings. The normalized spacial score (nSPS) is 18.0. The van der Waals surface area contributed by atoms with Crippen molar-refractivity contribution < 1.29 is 51.0 Å². The Morgan fingerprint density at radius 1 is 1.04 bits per heavy atom. The van der Waals surface area contributed by atoms with Gasteiger partial charge in [0, 0.05) is 5.54 Å². The third-order valence-electron chi connectivity index (χ3n) is 5.23. The SMILES string of the molecule is CC1=C2c3cscc3C1[Si]2(C)C.Cc1cc2ccccc2[cH-]1.[Cl-].[Cl-].[Zr+3]. The van der Waals surface area contributed by atoms with Crippen LogP contribution in [0.3, 0.4) is 0 Å². The molecule has 1 unspecified atom stereocenters. The molecule has 0 fully saturated rings. The summed E-state index contributed by atoms with van der Waals surface area (Å²) in [7, 11) is -0.976. The Bertz CT molecular complexity index is 874. The largest absolute Gasteiger partial charge is 3.00 e. The first kappa shape index (κ1) is 23.0. The molecule has 0 saturated heterocycles. The molecule has 3 heterocycles. The molecular weight excluding hydrogens is 463 g/mol. The van der Waals surface area contributed by atoms with Gasteiger partial charge in [-0.05, 0) is 28.8 Å². The first-order valence-corrected chi connectivity index (χ1v) is 11.9. The van der Waals surface area contributed by atoms with Crippen molar-refractivity contribution in [1.29, 1.82) is 0 Å². The summed E-state index contributed by atoms with van der Waals surface area (Å²) in [6.45, 7) is 9.46. The first-order valence-electron chi connectivity index (χ1n) is 7.90. The second kappa shape index (κ2) is 8.31. The van der Waals surface area contributed by atoms with Crippen LogP contribution >= 0.6 is 11.3 Å². The summed E-state index contributed by atoms with van der Waals surface area (Å²) in [6.07, 6.45) is 0. The predicted octanol–water partition coefficient (Wildman–Crippen LogP) is 0.292. The van der Waals surface area contributed by atoms with Gasteiger partial charge >= 0.3 is 26.2 Å². The Kier molecular flexibility index (Phi) is 7.65. The fraction of sp³-hybridized carbons (Fsp3) is 0.250. The van der Waals surface area contributed by atoms with E-state index in [1.54, 1.807) is 21.9 Å². The second-order valence-corrected chi connectivity index (χ2v) is 12.4. The van der Waals surface area contributed by atoms with E-state index in [1.807, 2.05) is 11.3 Å². The number of hydrogen-bond donors (Lipinski definition) is 0. The van der Waals surface area contributed by atoms with Crippen molar-refractivity contribution in [3.63, 3.8) is 0 Å². The number of hydrogen-bond acceptors (Lipinski definition) is 1. The molecule has 1 radical (unpaired) electrons. The molecule has 2 aromatic carbocycles. The van der Waals surface area contributed by atoms with Gasteiger partial charge in [0.1, 0.15) is 0 Å². The predicted molar refractivity (Wildman–Crippen MR) is 101 cm³/mol. The van der Waals surface area contributed by atoms with Crippen LogP contribution in [-0.4, -0.2) is 8.07 Å². The summed E-state index contributed by atoms with van der Waals surface area (Å²) >= 11 is 1.87. The van der Waals surface area contributed by atoms with Crippen molar-refractivity contribution in [2.45, 2.75) is 32.5 Å². The summed E-state index contributed by atoms with van der Waals surface area (Å²) in [5.41, 5.74) is 7.18. The molecule has 5 heteroatoms. The smallest absolute Gasteiger partial charge is 1.00 e. The average Bonchev–Trinajstić information content (AvgIpc) is 3.13. The summed E-state index contributed by atoms with van der Waals surface area (Å²) < 4.78 is 0. The molecule has 2 aliphatic heterocycles. The maximum atomic E-state index is 2.50. The van der Waals surface area contributed by atoms with Gasteiger partial charge in [-0.3, -0.25) is 0 Å². The standard InChI is InChI=1S/C10H12SSi.C10H9.2ClH.Zr/c1-6-9-7-4-11-5-8(7)10(6)12(9,2)3;1-8-6-9-4-2-3-5-10(9)7-8;;;/h4-5,9H,1-3H3;2-7H,1H3;2*1H;/q;-1;;;+3/p-2. The molecule has 129 valence electrons. The zero-order valence-electron chi connectivity index (χ0n) is 14.9. The van der Waals surface area contributed by atoms with E-state index < -0.39 is 8.07 Å². The molecule has 0 nitrogen and oxygen atoms in total. The minimum atomic E-state index is -0.976. The topological polar surface area (TPSA) is 0 Å². The van der Waals surface area contributed by atoms with E-state index in [0.29, 0.717) is 0 Å². The van der Waals surface area contributed by atoms with Crippen LogP contribution in [0, 0.1) is 6.92 Å². The Morgan fingerprint density at radius 3 is 2.32 bits per heavy atom. The monoisotopic (exact) mass is 481 g/mol. The fourth-order valence-electron chi connectivity index (χ4n) is 4.48. The number of benzene rings is 1. The number of thiophene rings is 1. The zero-order valence-corrected chi connectivity index (χ0v) is 20.6. The van der Waals surface area contributed by atoms with Gasteiger partial charge in [0.05, 0.1) is 8.07 Å².